The molecule has 0 saturated heterocycles. The minimum atomic E-state index is 0.765. The Kier molecular flexibility index (Phi) is 5.73. The molecule has 0 unspecified atom stereocenters. The summed E-state index contributed by atoms with van der Waals surface area (Å²) in [6.45, 7) is 2.67. The van der Waals surface area contributed by atoms with Crippen LogP contribution in [0.25, 0.3) is 10.6 Å². The van der Waals surface area contributed by atoms with E-state index in [0.717, 1.165) is 42.6 Å². The molecule has 0 spiro atoms. The maximum absolute atomic E-state index is 4.97. The van der Waals surface area contributed by atoms with Crippen LogP contribution in [0.15, 0.2) is 16.8 Å². The van der Waals surface area contributed by atoms with Gasteiger partial charge in [0.15, 0.2) is 0 Å². The fraction of sp³-hybridized carbons (Fsp3) is 0.500. The number of nitrogens with zero attached hydrogens (tertiary/aromatic N) is 2. The molecule has 6 heteroatoms. The Morgan fingerprint density at radius 1 is 1.33 bits per heavy atom. The zero-order valence-electron chi connectivity index (χ0n) is 10.4. The predicted octanol–water partition coefficient (Wildman–Crippen LogP) is 2.44. The summed E-state index contributed by atoms with van der Waals surface area (Å²) in [4.78, 5) is 0. The summed E-state index contributed by atoms with van der Waals surface area (Å²) in [5.41, 5.74) is 1.18. The highest BCUT2D eigenvalue weighted by atomic mass is 32.1. The molecular formula is C12H17N3OS2. The first-order valence-electron chi connectivity index (χ1n) is 5.95. The molecule has 0 radical (unpaired) electrons. The van der Waals surface area contributed by atoms with E-state index in [2.05, 4.69) is 32.3 Å². The van der Waals surface area contributed by atoms with Crippen molar-refractivity contribution in [3.8, 4) is 10.6 Å². The molecule has 0 bridgehead atoms. The van der Waals surface area contributed by atoms with Gasteiger partial charge in [-0.25, -0.2) is 0 Å². The van der Waals surface area contributed by atoms with Crippen LogP contribution in [0, 0.1) is 0 Å². The molecule has 0 fully saturated rings. The van der Waals surface area contributed by atoms with Crippen LogP contribution < -0.4 is 5.32 Å². The quantitative estimate of drug-likeness (QED) is 0.756. The van der Waals surface area contributed by atoms with Crippen molar-refractivity contribution in [3.05, 3.63) is 21.8 Å². The number of thiophene rings is 1. The van der Waals surface area contributed by atoms with E-state index in [1.54, 1.807) is 29.8 Å². The summed E-state index contributed by atoms with van der Waals surface area (Å²) >= 11 is 3.38. The number of aromatic nitrogens is 2. The van der Waals surface area contributed by atoms with Crippen LogP contribution in [0.1, 0.15) is 11.4 Å². The Balaban J connectivity index is 1.71. The van der Waals surface area contributed by atoms with Crippen LogP contribution in [0.5, 0.6) is 0 Å². The first kappa shape index (κ1) is 13.6. The Morgan fingerprint density at radius 2 is 2.28 bits per heavy atom. The number of methoxy groups -OCH3 is 1. The second-order valence-corrected chi connectivity index (χ2v) is 5.70. The van der Waals surface area contributed by atoms with Gasteiger partial charge >= 0.3 is 0 Å². The minimum Gasteiger partial charge on any atom is -0.383 e. The molecule has 0 amide bonds. The zero-order valence-corrected chi connectivity index (χ0v) is 12.0. The van der Waals surface area contributed by atoms with E-state index in [9.17, 15) is 0 Å². The van der Waals surface area contributed by atoms with Crippen molar-refractivity contribution in [1.29, 1.82) is 0 Å². The molecule has 0 aliphatic rings. The van der Waals surface area contributed by atoms with Crippen molar-refractivity contribution in [2.75, 3.05) is 26.8 Å². The SMILES string of the molecule is COCCNCCCc1nnc(-c2ccsc2)s1. The van der Waals surface area contributed by atoms with Gasteiger partial charge < -0.3 is 10.1 Å². The maximum atomic E-state index is 4.97. The molecule has 2 aromatic heterocycles. The number of hydrogen-bond acceptors (Lipinski definition) is 6. The lowest BCUT2D eigenvalue weighted by atomic mass is 10.3. The van der Waals surface area contributed by atoms with E-state index < -0.39 is 0 Å². The fourth-order valence-corrected chi connectivity index (χ4v) is 3.11. The molecule has 2 aromatic rings. The molecule has 0 saturated carbocycles. The van der Waals surface area contributed by atoms with Crippen molar-refractivity contribution in [3.63, 3.8) is 0 Å². The lowest BCUT2D eigenvalue weighted by Gasteiger charge is -2.01. The van der Waals surface area contributed by atoms with Gasteiger partial charge in [0, 0.05) is 31.0 Å². The molecule has 2 rings (SSSR count). The normalized spacial score (nSPS) is 10.9. The largest absolute Gasteiger partial charge is 0.383 e. The molecule has 18 heavy (non-hydrogen) atoms. The molecule has 1 N–H and O–H groups in total. The Bertz CT molecular complexity index is 442. The number of rotatable bonds is 8. The van der Waals surface area contributed by atoms with Gasteiger partial charge in [-0.15, -0.1) is 10.2 Å². The standard InChI is InChI=1S/C12H17N3OS2/c1-16-7-6-13-5-2-3-11-14-15-12(18-11)10-4-8-17-9-10/h4,8-9,13H,2-3,5-7H2,1H3. The van der Waals surface area contributed by atoms with Gasteiger partial charge in [-0.3, -0.25) is 0 Å². The minimum absolute atomic E-state index is 0.765. The number of nitrogens with one attached hydrogen (secondary N) is 1. The molecule has 0 aliphatic heterocycles. The lowest BCUT2D eigenvalue weighted by Crippen LogP contribution is -2.20. The monoisotopic (exact) mass is 283 g/mol. The lowest BCUT2D eigenvalue weighted by molar-refractivity contribution is 0.199. The Morgan fingerprint density at radius 3 is 3.06 bits per heavy atom. The van der Waals surface area contributed by atoms with Crippen molar-refractivity contribution < 1.29 is 4.74 Å². The van der Waals surface area contributed by atoms with Gasteiger partial charge in [-0.1, -0.05) is 11.3 Å². The van der Waals surface area contributed by atoms with E-state index in [1.165, 1.54) is 5.56 Å². The molecule has 2 heterocycles. The molecule has 0 aromatic carbocycles. The fourth-order valence-electron chi connectivity index (χ4n) is 1.52. The third kappa shape index (κ3) is 4.13. The zero-order chi connectivity index (χ0) is 12.6. The van der Waals surface area contributed by atoms with Gasteiger partial charge in [0.2, 0.25) is 0 Å². The molecule has 0 atom stereocenters. The van der Waals surface area contributed by atoms with Gasteiger partial charge in [-0.2, -0.15) is 11.3 Å². The maximum Gasteiger partial charge on any atom is 0.148 e. The predicted molar refractivity (Wildman–Crippen MR) is 76.3 cm³/mol. The third-order valence-corrected chi connectivity index (χ3v) is 4.18. The molecule has 0 aliphatic carbocycles. The van der Waals surface area contributed by atoms with Crippen molar-refractivity contribution >= 4 is 22.7 Å². The average molecular weight is 283 g/mol. The van der Waals surface area contributed by atoms with Crippen LogP contribution in [-0.4, -0.2) is 37.0 Å². The summed E-state index contributed by atoms with van der Waals surface area (Å²) in [7, 11) is 1.72. The highest BCUT2D eigenvalue weighted by molar-refractivity contribution is 7.15. The van der Waals surface area contributed by atoms with Crippen molar-refractivity contribution in [2.24, 2.45) is 0 Å². The molecule has 98 valence electrons. The van der Waals surface area contributed by atoms with Crippen LogP contribution in [0.3, 0.4) is 0 Å². The van der Waals surface area contributed by atoms with Crippen LogP contribution in [-0.2, 0) is 11.2 Å². The summed E-state index contributed by atoms with van der Waals surface area (Å²) in [6, 6.07) is 2.08. The van der Waals surface area contributed by atoms with Gasteiger partial charge in [0.1, 0.15) is 10.0 Å². The highest BCUT2D eigenvalue weighted by Gasteiger charge is 2.06. The summed E-state index contributed by atoms with van der Waals surface area (Å²) < 4.78 is 4.97. The number of hydrogen-bond donors (Lipinski definition) is 1. The highest BCUT2D eigenvalue weighted by Crippen LogP contribution is 2.25. The van der Waals surface area contributed by atoms with E-state index in [1.807, 2.05) is 0 Å². The van der Waals surface area contributed by atoms with E-state index in [0.29, 0.717) is 0 Å². The van der Waals surface area contributed by atoms with Crippen LogP contribution >= 0.6 is 22.7 Å². The van der Waals surface area contributed by atoms with Crippen molar-refractivity contribution in [1.82, 2.24) is 15.5 Å². The van der Waals surface area contributed by atoms with Gasteiger partial charge in [0.05, 0.1) is 6.61 Å². The van der Waals surface area contributed by atoms with Crippen molar-refractivity contribution in [2.45, 2.75) is 12.8 Å². The number of aryl methyl sites for hydroxylation is 1. The number of ether oxygens (including phenoxy) is 1. The third-order valence-electron chi connectivity index (χ3n) is 2.46. The second kappa shape index (κ2) is 7.58. The van der Waals surface area contributed by atoms with E-state index >= 15 is 0 Å². The second-order valence-electron chi connectivity index (χ2n) is 3.86. The first-order chi connectivity index (χ1) is 8.90. The van der Waals surface area contributed by atoms with Crippen LogP contribution in [0.4, 0.5) is 0 Å². The van der Waals surface area contributed by atoms with Gasteiger partial charge in [-0.05, 0) is 24.4 Å². The Hall–Kier alpha value is -0.820. The van der Waals surface area contributed by atoms with Gasteiger partial charge in [0.25, 0.3) is 0 Å². The molecule has 4 nitrogen and oxygen atoms in total. The topological polar surface area (TPSA) is 47.0 Å². The smallest absolute Gasteiger partial charge is 0.148 e. The first-order valence-corrected chi connectivity index (χ1v) is 7.70. The Labute approximate surface area is 115 Å². The summed E-state index contributed by atoms with van der Waals surface area (Å²) in [6.07, 6.45) is 2.07. The summed E-state index contributed by atoms with van der Waals surface area (Å²) in [5, 5.41) is 18.1. The average Bonchev–Trinajstić information content (AvgIpc) is 3.03. The van der Waals surface area contributed by atoms with E-state index in [-0.39, 0.29) is 0 Å². The van der Waals surface area contributed by atoms with Crippen LogP contribution in [0.2, 0.25) is 0 Å². The molecular weight excluding hydrogens is 266 g/mol. The van der Waals surface area contributed by atoms with E-state index in [4.69, 9.17) is 4.74 Å². The summed E-state index contributed by atoms with van der Waals surface area (Å²) in [5.74, 6) is 0.